The highest BCUT2D eigenvalue weighted by Crippen LogP contribution is 2.33. The average molecular weight is 398 g/mol. The Labute approximate surface area is 180 Å². The first-order chi connectivity index (χ1) is 14.8. The lowest BCUT2D eigenvalue weighted by Crippen LogP contribution is -2.26. The van der Waals surface area contributed by atoms with Crippen LogP contribution < -0.4 is 4.90 Å². The van der Waals surface area contributed by atoms with Crippen molar-refractivity contribution in [1.29, 1.82) is 0 Å². The number of fused-ring (bicyclic) bond motifs is 1. The SMILES string of the molecule is CN1CCCc2cc(CN3CCC[C@H]3c3ccc(Cc4ccccc4)cn3)ccc21. The van der Waals surface area contributed by atoms with Crippen molar-refractivity contribution < 1.29 is 0 Å². The molecule has 0 saturated carbocycles. The third-order valence-corrected chi connectivity index (χ3v) is 6.68. The molecule has 1 fully saturated rings. The quantitative estimate of drug-likeness (QED) is 0.575. The lowest BCUT2D eigenvalue weighted by atomic mass is 9.99. The smallest absolute Gasteiger partial charge is 0.0575 e. The van der Waals surface area contributed by atoms with Crippen LogP contribution >= 0.6 is 0 Å². The van der Waals surface area contributed by atoms with Crippen LogP contribution in [0.5, 0.6) is 0 Å². The van der Waals surface area contributed by atoms with Crippen LogP contribution in [0.15, 0.2) is 66.9 Å². The zero-order chi connectivity index (χ0) is 20.3. The monoisotopic (exact) mass is 397 g/mol. The molecule has 3 heteroatoms. The van der Waals surface area contributed by atoms with Gasteiger partial charge in [-0.15, -0.1) is 0 Å². The zero-order valence-electron chi connectivity index (χ0n) is 17.9. The molecule has 3 heterocycles. The van der Waals surface area contributed by atoms with E-state index in [0.717, 1.165) is 19.5 Å². The summed E-state index contributed by atoms with van der Waals surface area (Å²) in [6.07, 6.45) is 7.96. The molecule has 0 N–H and O–H groups in total. The molecular weight excluding hydrogens is 366 g/mol. The van der Waals surface area contributed by atoms with Crippen LogP contribution in [0.2, 0.25) is 0 Å². The Balaban J connectivity index is 1.28. The highest BCUT2D eigenvalue weighted by Gasteiger charge is 2.27. The first-order valence-electron chi connectivity index (χ1n) is 11.3. The van der Waals surface area contributed by atoms with E-state index in [0.29, 0.717) is 6.04 Å². The van der Waals surface area contributed by atoms with Crippen molar-refractivity contribution in [3.63, 3.8) is 0 Å². The van der Waals surface area contributed by atoms with Crippen LogP contribution in [-0.2, 0) is 19.4 Å². The molecule has 2 aliphatic rings. The highest BCUT2D eigenvalue weighted by atomic mass is 15.2. The average Bonchev–Trinajstić information content (AvgIpc) is 3.23. The summed E-state index contributed by atoms with van der Waals surface area (Å²) in [5, 5.41) is 0. The molecule has 2 aromatic carbocycles. The van der Waals surface area contributed by atoms with Crippen molar-refractivity contribution in [1.82, 2.24) is 9.88 Å². The van der Waals surface area contributed by atoms with Gasteiger partial charge in [-0.05, 0) is 73.0 Å². The van der Waals surface area contributed by atoms with Gasteiger partial charge in [0.15, 0.2) is 0 Å². The third-order valence-electron chi connectivity index (χ3n) is 6.68. The molecule has 3 nitrogen and oxygen atoms in total. The maximum Gasteiger partial charge on any atom is 0.0575 e. The first-order valence-corrected chi connectivity index (χ1v) is 11.3. The van der Waals surface area contributed by atoms with E-state index in [2.05, 4.69) is 83.7 Å². The van der Waals surface area contributed by atoms with Crippen LogP contribution in [0.1, 0.15) is 53.3 Å². The molecular formula is C27H31N3. The minimum Gasteiger partial charge on any atom is -0.374 e. The number of hydrogen-bond donors (Lipinski definition) is 0. The van der Waals surface area contributed by atoms with Gasteiger partial charge in [-0.25, -0.2) is 0 Å². The fourth-order valence-corrected chi connectivity index (χ4v) is 5.09. The molecule has 0 aliphatic carbocycles. The molecule has 1 atom stereocenters. The van der Waals surface area contributed by atoms with E-state index in [1.807, 2.05) is 0 Å². The number of hydrogen-bond acceptors (Lipinski definition) is 3. The molecule has 0 radical (unpaired) electrons. The Morgan fingerprint density at radius 2 is 1.77 bits per heavy atom. The summed E-state index contributed by atoms with van der Waals surface area (Å²) in [7, 11) is 2.21. The van der Waals surface area contributed by atoms with Crippen molar-refractivity contribution in [2.24, 2.45) is 0 Å². The number of pyridine rings is 1. The molecule has 154 valence electrons. The molecule has 0 amide bonds. The number of benzene rings is 2. The fourth-order valence-electron chi connectivity index (χ4n) is 5.09. The molecule has 0 bridgehead atoms. The number of aryl methyl sites for hydroxylation is 1. The Hall–Kier alpha value is -2.65. The van der Waals surface area contributed by atoms with Gasteiger partial charge in [-0.1, -0.05) is 48.5 Å². The molecule has 1 saturated heterocycles. The Morgan fingerprint density at radius 1 is 0.900 bits per heavy atom. The Bertz CT molecular complexity index is 981. The van der Waals surface area contributed by atoms with Gasteiger partial charge in [-0.2, -0.15) is 0 Å². The van der Waals surface area contributed by atoms with E-state index < -0.39 is 0 Å². The van der Waals surface area contributed by atoms with Crippen molar-refractivity contribution in [2.45, 2.75) is 44.7 Å². The van der Waals surface area contributed by atoms with Crippen LogP contribution in [0.4, 0.5) is 5.69 Å². The standard InChI is InChI=1S/C27H31N3/c1-29-15-5-9-24-18-23(12-14-26(24)29)20-30-16-6-10-27(30)25-13-11-22(19-28-25)17-21-7-3-2-4-8-21/h2-4,7-8,11-14,18-19,27H,5-6,9-10,15-17,20H2,1H3/t27-/m0/s1. The molecule has 1 aromatic heterocycles. The lowest BCUT2D eigenvalue weighted by Gasteiger charge is -2.29. The maximum absolute atomic E-state index is 4.88. The van der Waals surface area contributed by atoms with Crippen molar-refractivity contribution in [3.05, 3.63) is 94.8 Å². The number of aromatic nitrogens is 1. The molecule has 0 unspecified atom stereocenters. The van der Waals surface area contributed by atoms with E-state index in [1.165, 1.54) is 65.9 Å². The summed E-state index contributed by atoms with van der Waals surface area (Å²) in [4.78, 5) is 9.89. The van der Waals surface area contributed by atoms with E-state index in [9.17, 15) is 0 Å². The highest BCUT2D eigenvalue weighted by molar-refractivity contribution is 5.56. The summed E-state index contributed by atoms with van der Waals surface area (Å²) in [5.41, 5.74) is 8.22. The number of rotatable bonds is 5. The number of nitrogens with zero attached hydrogens (tertiary/aromatic N) is 3. The molecule has 3 aromatic rings. The topological polar surface area (TPSA) is 19.4 Å². The molecule has 2 aliphatic heterocycles. The summed E-state index contributed by atoms with van der Waals surface area (Å²) >= 11 is 0. The van der Waals surface area contributed by atoms with Crippen molar-refractivity contribution >= 4 is 5.69 Å². The second-order valence-electron chi connectivity index (χ2n) is 8.87. The van der Waals surface area contributed by atoms with Crippen molar-refractivity contribution in [3.8, 4) is 0 Å². The summed E-state index contributed by atoms with van der Waals surface area (Å²) in [5.74, 6) is 0. The predicted molar refractivity (Wildman–Crippen MR) is 124 cm³/mol. The first kappa shape index (κ1) is 19.3. The van der Waals surface area contributed by atoms with Gasteiger partial charge in [0.1, 0.15) is 0 Å². The van der Waals surface area contributed by atoms with E-state index in [4.69, 9.17) is 4.98 Å². The van der Waals surface area contributed by atoms with Gasteiger partial charge in [0, 0.05) is 32.0 Å². The van der Waals surface area contributed by atoms with Gasteiger partial charge in [-0.3, -0.25) is 9.88 Å². The van der Waals surface area contributed by atoms with Crippen molar-refractivity contribution in [2.75, 3.05) is 25.0 Å². The summed E-state index contributed by atoms with van der Waals surface area (Å²) in [6, 6.07) is 22.7. The van der Waals surface area contributed by atoms with E-state index in [-0.39, 0.29) is 0 Å². The molecule has 0 spiro atoms. The van der Waals surface area contributed by atoms with Gasteiger partial charge in [0.2, 0.25) is 0 Å². The second kappa shape index (κ2) is 8.61. The lowest BCUT2D eigenvalue weighted by molar-refractivity contribution is 0.244. The minimum absolute atomic E-state index is 0.439. The predicted octanol–water partition coefficient (Wildman–Crippen LogP) is 5.39. The normalized spacial score (nSPS) is 19.1. The Kier molecular flexibility index (Phi) is 5.54. The van der Waals surface area contributed by atoms with Gasteiger partial charge in [0.25, 0.3) is 0 Å². The molecule has 5 rings (SSSR count). The zero-order valence-corrected chi connectivity index (χ0v) is 17.9. The summed E-state index contributed by atoms with van der Waals surface area (Å²) in [6.45, 7) is 3.36. The van der Waals surface area contributed by atoms with Gasteiger partial charge >= 0.3 is 0 Å². The second-order valence-corrected chi connectivity index (χ2v) is 8.87. The largest absolute Gasteiger partial charge is 0.374 e. The Morgan fingerprint density at radius 3 is 2.60 bits per heavy atom. The van der Waals surface area contributed by atoms with Crippen LogP contribution in [0.3, 0.4) is 0 Å². The van der Waals surface area contributed by atoms with E-state index in [1.54, 1.807) is 0 Å². The minimum atomic E-state index is 0.439. The van der Waals surface area contributed by atoms with Crippen LogP contribution in [-0.4, -0.2) is 30.0 Å². The third kappa shape index (κ3) is 4.13. The fraction of sp³-hybridized carbons (Fsp3) is 0.370. The summed E-state index contributed by atoms with van der Waals surface area (Å²) < 4.78 is 0. The molecule has 30 heavy (non-hydrogen) atoms. The van der Waals surface area contributed by atoms with Gasteiger partial charge < -0.3 is 4.90 Å². The number of likely N-dealkylation sites (tertiary alicyclic amines) is 1. The van der Waals surface area contributed by atoms with E-state index >= 15 is 0 Å². The van der Waals surface area contributed by atoms with Gasteiger partial charge in [0.05, 0.1) is 11.7 Å². The van der Waals surface area contributed by atoms with Crippen LogP contribution in [0, 0.1) is 0 Å². The maximum atomic E-state index is 4.88. The number of anilines is 1. The van der Waals surface area contributed by atoms with Crippen LogP contribution in [0.25, 0.3) is 0 Å².